The van der Waals surface area contributed by atoms with E-state index in [0.717, 1.165) is 12.8 Å². The van der Waals surface area contributed by atoms with Crippen molar-refractivity contribution in [3.05, 3.63) is 0 Å². The summed E-state index contributed by atoms with van der Waals surface area (Å²) in [4.78, 5) is 14.0. The Kier molecular flexibility index (Phi) is 3.10. The molecule has 98 valence electrons. The van der Waals surface area contributed by atoms with Crippen molar-refractivity contribution in [1.29, 1.82) is 0 Å². The summed E-state index contributed by atoms with van der Waals surface area (Å²) in [5.74, 6) is 0.154. The third-order valence-corrected chi connectivity index (χ3v) is 3.88. The van der Waals surface area contributed by atoms with E-state index in [2.05, 4.69) is 0 Å². The summed E-state index contributed by atoms with van der Waals surface area (Å²) < 4.78 is 5.45. The zero-order valence-electron chi connectivity index (χ0n) is 11.1. The number of ether oxygens (including phenoxy) is 1. The Morgan fingerprint density at radius 1 is 1.35 bits per heavy atom. The number of fused-ring (bicyclic) bond motifs is 2. The van der Waals surface area contributed by atoms with Gasteiger partial charge in [0.25, 0.3) is 0 Å². The molecule has 2 rings (SSSR count). The van der Waals surface area contributed by atoms with Gasteiger partial charge in [0.15, 0.2) is 0 Å². The van der Waals surface area contributed by atoms with E-state index in [-0.39, 0.29) is 30.2 Å². The van der Waals surface area contributed by atoms with Crippen LogP contribution in [0.3, 0.4) is 0 Å². The molecule has 0 aromatic rings. The van der Waals surface area contributed by atoms with E-state index in [1.807, 2.05) is 32.6 Å². The molecule has 2 saturated heterocycles. The standard InChI is InChI=1S/C13H23NO3/c1-8-10-6-5-9(7-11(8)15)14(10)12(16)17-13(2,3)4/h8-11,15H,5-7H2,1-4H3. The Hall–Kier alpha value is -0.770. The molecule has 4 unspecified atom stereocenters. The summed E-state index contributed by atoms with van der Waals surface area (Å²) in [7, 11) is 0. The molecule has 2 aliphatic rings. The Morgan fingerprint density at radius 2 is 2.00 bits per heavy atom. The second-order valence-corrected chi connectivity index (χ2v) is 6.35. The minimum absolute atomic E-state index is 0.151. The van der Waals surface area contributed by atoms with Crippen LogP contribution in [0.25, 0.3) is 0 Å². The van der Waals surface area contributed by atoms with Crippen molar-refractivity contribution in [3.63, 3.8) is 0 Å². The molecule has 0 radical (unpaired) electrons. The molecule has 0 saturated carbocycles. The molecule has 0 aromatic heterocycles. The number of piperidine rings is 1. The Labute approximate surface area is 103 Å². The molecule has 2 aliphatic heterocycles. The number of aliphatic hydroxyl groups is 1. The van der Waals surface area contributed by atoms with E-state index in [9.17, 15) is 9.90 Å². The fourth-order valence-electron chi connectivity index (χ4n) is 3.01. The van der Waals surface area contributed by atoms with Crippen molar-refractivity contribution in [2.24, 2.45) is 5.92 Å². The summed E-state index contributed by atoms with van der Waals surface area (Å²) >= 11 is 0. The van der Waals surface area contributed by atoms with Crippen molar-refractivity contribution in [1.82, 2.24) is 4.90 Å². The van der Waals surface area contributed by atoms with Crippen LogP contribution in [0.1, 0.15) is 47.0 Å². The molecule has 4 atom stereocenters. The van der Waals surface area contributed by atoms with Gasteiger partial charge in [-0.2, -0.15) is 0 Å². The summed E-state index contributed by atoms with van der Waals surface area (Å²) in [6.07, 6.45) is 2.18. The number of aliphatic hydroxyl groups excluding tert-OH is 1. The molecular weight excluding hydrogens is 218 g/mol. The first-order chi connectivity index (χ1) is 7.79. The summed E-state index contributed by atoms with van der Waals surface area (Å²) in [5.41, 5.74) is -0.449. The molecule has 0 aliphatic carbocycles. The van der Waals surface area contributed by atoms with Gasteiger partial charge in [-0.05, 0) is 40.0 Å². The lowest BCUT2D eigenvalue weighted by Crippen LogP contribution is -2.53. The van der Waals surface area contributed by atoms with E-state index in [0.29, 0.717) is 6.42 Å². The Morgan fingerprint density at radius 3 is 2.59 bits per heavy atom. The molecule has 17 heavy (non-hydrogen) atoms. The number of carbonyl (C=O) groups excluding carboxylic acids is 1. The van der Waals surface area contributed by atoms with Crippen LogP contribution in [0, 0.1) is 5.92 Å². The van der Waals surface area contributed by atoms with Crippen molar-refractivity contribution < 1.29 is 14.6 Å². The predicted molar refractivity (Wildman–Crippen MR) is 64.7 cm³/mol. The van der Waals surface area contributed by atoms with Crippen LogP contribution in [0.15, 0.2) is 0 Å². The third-order valence-electron chi connectivity index (χ3n) is 3.88. The fraction of sp³-hybridized carbons (Fsp3) is 0.923. The zero-order chi connectivity index (χ0) is 12.8. The lowest BCUT2D eigenvalue weighted by molar-refractivity contribution is -0.0331. The predicted octanol–water partition coefficient (Wildman–Crippen LogP) is 2.16. The number of nitrogens with zero attached hydrogens (tertiary/aromatic N) is 1. The number of hydrogen-bond donors (Lipinski definition) is 1. The highest BCUT2D eigenvalue weighted by atomic mass is 16.6. The maximum atomic E-state index is 12.1. The van der Waals surface area contributed by atoms with Crippen LogP contribution < -0.4 is 0 Å². The lowest BCUT2D eigenvalue weighted by atomic mass is 9.89. The van der Waals surface area contributed by atoms with Gasteiger partial charge in [-0.15, -0.1) is 0 Å². The zero-order valence-corrected chi connectivity index (χ0v) is 11.1. The number of amides is 1. The smallest absolute Gasteiger partial charge is 0.410 e. The van der Waals surface area contributed by atoms with E-state index in [1.165, 1.54) is 0 Å². The molecule has 0 spiro atoms. The minimum Gasteiger partial charge on any atom is -0.444 e. The van der Waals surface area contributed by atoms with Crippen LogP contribution >= 0.6 is 0 Å². The number of rotatable bonds is 0. The highest BCUT2D eigenvalue weighted by molar-refractivity contribution is 5.69. The van der Waals surface area contributed by atoms with Gasteiger partial charge in [-0.3, -0.25) is 0 Å². The normalized spacial score (nSPS) is 37.1. The van der Waals surface area contributed by atoms with Gasteiger partial charge in [0, 0.05) is 18.0 Å². The monoisotopic (exact) mass is 241 g/mol. The van der Waals surface area contributed by atoms with Crippen LogP contribution in [-0.2, 0) is 4.74 Å². The van der Waals surface area contributed by atoms with E-state index < -0.39 is 5.60 Å². The first-order valence-electron chi connectivity index (χ1n) is 6.49. The van der Waals surface area contributed by atoms with Gasteiger partial charge in [-0.1, -0.05) is 6.92 Å². The van der Waals surface area contributed by atoms with Crippen LogP contribution in [-0.4, -0.2) is 39.9 Å². The van der Waals surface area contributed by atoms with Crippen molar-refractivity contribution in [3.8, 4) is 0 Å². The molecule has 0 aromatic carbocycles. The SMILES string of the molecule is CC1C(O)CC2CCC1N2C(=O)OC(C)(C)C. The highest BCUT2D eigenvalue weighted by Crippen LogP contribution is 2.39. The highest BCUT2D eigenvalue weighted by Gasteiger charge is 2.48. The molecule has 2 bridgehead atoms. The average molecular weight is 241 g/mol. The molecule has 1 amide bonds. The Bertz CT molecular complexity index is 310. The fourth-order valence-corrected chi connectivity index (χ4v) is 3.01. The third kappa shape index (κ3) is 2.41. The molecule has 2 heterocycles. The first kappa shape index (κ1) is 12.7. The van der Waals surface area contributed by atoms with Crippen molar-refractivity contribution in [2.75, 3.05) is 0 Å². The topological polar surface area (TPSA) is 49.8 Å². The van der Waals surface area contributed by atoms with Gasteiger partial charge in [0.1, 0.15) is 5.60 Å². The minimum atomic E-state index is -0.449. The first-order valence-corrected chi connectivity index (χ1v) is 6.49. The van der Waals surface area contributed by atoms with E-state index in [4.69, 9.17) is 4.74 Å². The van der Waals surface area contributed by atoms with Crippen LogP contribution in [0.4, 0.5) is 4.79 Å². The van der Waals surface area contributed by atoms with E-state index in [1.54, 1.807) is 0 Å². The molecule has 4 heteroatoms. The van der Waals surface area contributed by atoms with Gasteiger partial charge in [-0.25, -0.2) is 4.79 Å². The Balaban J connectivity index is 2.10. The summed E-state index contributed by atoms with van der Waals surface area (Å²) in [5, 5.41) is 9.91. The quantitative estimate of drug-likeness (QED) is 0.707. The van der Waals surface area contributed by atoms with Gasteiger partial charge >= 0.3 is 6.09 Å². The van der Waals surface area contributed by atoms with Gasteiger partial charge in [0.2, 0.25) is 0 Å². The van der Waals surface area contributed by atoms with Crippen LogP contribution in [0.5, 0.6) is 0 Å². The van der Waals surface area contributed by atoms with Gasteiger partial charge < -0.3 is 14.7 Å². The van der Waals surface area contributed by atoms with Crippen LogP contribution in [0.2, 0.25) is 0 Å². The number of hydrogen-bond acceptors (Lipinski definition) is 3. The largest absolute Gasteiger partial charge is 0.444 e. The van der Waals surface area contributed by atoms with Crippen molar-refractivity contribution in [2.45, 2.75) is 70.7 Å². The molecule has 4 nitrogen and oxygen atoms in total. The second-order valence-electron chi connectivity index (χ2n) is 6.35. The maximum absolute atomic E-state index is 12.1. The van der Waals surface area contributed by atoms with Crippen molar-refractivity contribution >= 4 is 6.09 Å². The van der Waals surface area contributed by atoms with Gasteiger partial charge in [0.05, 0.1) is 6.10 Å². The van der Waals surface area contributed by atoms with E-state index >= 15 is 0 Å². The maximum Gasteiger partial charge on any atom is 0.410 e. The lowest BCUT2D eigenvalue weighted by Gasteiger charge is -2.41. The molecule has 2 fully saturated rings. The summed E-state index contributed by atoms with van der Waals surface area (Å²) in [6, 6.07) is 0.319. The summed E-state index contributed by atoms with van der Waals surface area (Å²) in [6.45, 7) is 7.67. The average Bonchev–Trinajstić information content (AvgIpc) is 2.51. The second kappa shape index (κ2) is 4.16. The molecule has 1 N–H and O–H groups in total. The number of carbonyl (C=O) groups is 1. The molecular formula is C13H23NO3.